The lowest BCUT2D eigenvalue weighted by Gasteiger charge is -2.36. The van der Waals surface area contributed by atoms with Gasteiger partial charge in [-0.05, 0) is 54.0 Å². The Morgan fingerprint density at radius 2 is 1.62 bits per heavy atom. The molecule has 2 atom stereocenters. The summed E-state index contributed by atoms with van der Waals surface area (Å²) >= 11 is 0. The topological polar surface area (TPSA) is 108 Å². The van der Waals surface area contributed by atoms with Crippen LogP contribution in [-0.2, 0) is 41.1 Å². The molecule has 3 aromatic carbocycles. The summed E-state index contributed by atoms with van der Waals surface area (Å²) in [6.07, 6.45) is 1.44. The molecule has 2 unspecified atom stereocenters. The smallest absolute Gasteiger partial charge is 0.288 e. The highest BCUT2D eigenvalue weighted by molar-refractivity contribution is 5.92. The van der Waals surface area contributed by atoms with Crippen molar-refractivity contribution in [3.63, 3.8) is 0 Å². The average Bonchev–Trinajstić information content (AvgIpc) is 3.68. The van der Waals surface area contributed by atoms with Gasteiger partial charge in [-0.1, -0.05) is 48.5 Å². The number of para-hydroxylation sites is 1. The average molecular weight is 653 g/mol. The number of benzene rings is 3. The SMILES string of the molecule is Cc1c(C2C=C(C(=O)N3CCN(Cc4ccc5c(c4)OCO5)CC3)OC(OCc3ccc(CO)cc3)C2)c(=O)n(-c2ccccc2)n1C. The molecule has 1 fully saturated rings. The molecule has 11 nitrogen and oxygen atoms in total. The quantitative estimate of drug-likeness (QED) is 0.290. The Balaban J connectivity index is 1.10. The van der Waals surface area contributed by atoms with Crippen molar-refractivity contribution >= 4 is 5.91 Å². The number of rotatable bonds is 9. The van der Waals surface area contributed by atoms with Crippen LogP contribution in [0, 0.1) is 6.92 Å². The third kappa shape index (κ3) is 6.49. The summed E-state index contributed by atoms with van der Waals surface area (Å²) in [4.78, 5) is 32.1. The fourth-order valence-electron chi connectivity index (χ4n) is 6.62. The van der Waals surface area contributed by atoms with Crippen LogP contribution in [0.2, 0.25) is 0 Å². The van der Waals surface area contributed by atoms with Gasteiger partial charge in [0.1, 0.15) is 0 Å². The van der Waals surface area contributed by atoms with Crippen LogP contribution in [0.4, 0.5) is 0 Å². The molecule has 0 bridgehead atoms. The highest BCUT2D eigenvalue weighted by atomic mass is 16.7. The van der Waals surface area contributed by atoms with E-state index in [1.807, 2.05) is 96.3 Å². The van der Waals surface area contributed by atoms with Crippen molar-refractivity contribution in [1.82, 2.24) is 19.2 Å². The van der Waals surface area contributed by atoms with Crippen molar-refractivity contribution in [1.29, 1.82) is 0 Å². The van der Waals surface area contributed by atoms with Gasteiger partial charge in [0.2, 0.25) is 13.1 Å². The van der Waals surface area contributed by atoms with Crippen LogP contribution in [0.3, 0.4) is 0 Å². The minimum absolute atomic E-state index is 0.0333. The molecule has 1 amide bonds. The van der Waals surface area contributed by atoms with Crippen LogP contribution in [0.25, 0.3) is 5.69 Å². The van der Waals surface area contributed by atoms with Gasteiger partial charge in [0.25, 0.3) is 11.5 Å². The number of amides is 1. The maximum absolute atomic E-state index is 14.0. The molecule has 0 aliphatic carbocycles. The van der Waals surface area contributed by atoms with E-state index >= 15 is 0 Å². The predicted octanol–water partition coefficient (Wildman–Crippen LogP) is 3.98. The van der Waals surface area contributed by atoms with E-state index in [4.69, 9.17) is 18.9 Å². The van der Waals surface area contributed by atoms with Crippen LogP contribution < -0.4 is 15.0 Å². The summed E-state index contributed by atoms with van der Waals surface area (Å²) < 4.78 is 27.0. The molecule has 1 N–H and O–H groups in total. The maximum Gasteiger partial charge on any atom is 0.288 e. The van der Waals surface area contributed by atoms with Crippen LogP contribution in [0.15, 0.2) is 89.4 Å². The highest BCUT2D eigenvalue weighted by Gasteiger charge is 2.35. The van der Waals surface area contributed by atoms with E-state index in [2.05, 4.69) is 4.90 Å². The van der Waals surface area contributed by atoms with Gasteiger partial charge in [-0.15, -0.1) is 0 Å². The molecule has 250 valence electrons. The van der Waals surface area contributed by atoms with Crippen molar-refractivity contribution < 1.29 is 28.8 Å². The number of hydrogen-bond donors (Lipinski definition) is 1. The van der Waals surface area contributed by atoms with Crippen molar-refractivity contribution in [2.24, 2.45) is 7.05 Å². The number of aromatic nitrogens is 2. The normalized spacial score (nSPS) is 19.2. The van der Waals surface area contributed by atoms with E-state index in [1.54, 1.807) is 10.8 Å². The molecule has 1 saturated heterocycles. The molecular formula is C37H40N4O7. The first kappa shape index (κ1) is 31.7. The zero-order valence-electron chi connectivity index (χ0n) is 27.2. The summed E-state index contributed by atoms with van der Waals surface area (Å²) in [6, 6.07) is 23.0. The highest BCUT2D eigenvalue weighted by Crippen LogP contribution is 2.34. The Labute approximate surface area is 279 Å². The number of aliphatic hydroxyl groups is 1. The minimum Gasteiger partial charge on any atom is -0.459 e. The van der Waals surface area contributed by atoms with Gasteiger partial charge in [-0.25, -0.2) is 4.68 Å². The zero-order valence-corrected chi connectivity index (χ0v) is 27.2. The first-order valence-electron chi connectivity index (χ1n) is 16.3. The van der Waals surface area contributed by atoms with Gasteiger partial charge < -0.3 is 29.0 Å². The van der Waals surface area contributed by atoms with Gasteiger partial charge in [0.15, 0.2) is 17.3 Å². The summed E-state index contributed by atoms with van der Waals surface area (Å²) in [5, 5.41) is 9.40. The van der Waals surface area contributed by atoms with E-state index < -0.39 is 12.2 Å². The molecule has 0 spiro atoms. The Morgan fingerprint density at radius 3 is 2.38 bits per heavy atom. The number of piperazine rings is 1. The van der Waals surface area contributed by atoms with Crippen LogP contribution in [0.5, 0.6) is 11.5 Å². The predicted molar refractivity (Wildman–Crippen MR) is 178 cm³/mol. The fourth-order valence-corrected chi connectivity index (χ4v) is 6.62. The standard InChI is InChI=1S/C37H40N4O7/c1-25-35(37(44)41(38(25)2)30-6-4-3-5-7-30)29-19-33(48-34(20-29)45-23-27-10-8-26(22-42)9-11-27)36(43)40-16-14-39(15-17-40)21-28-12-13-31-32(18-28)47-24-46-31/h3-13,18-19,29,34,42H,14-17,20-24H2,1-2H3. The van der Waals surface area contributed by atoms with Crippen molar-refractivity contribution in [3.05, 3.63) is 123 Å². The van der Waals surface area contributed by atoms with Gasteiger partial charge in [0, 0.05) is 63.4 Å². The van der Waals surface area contributed by atoms with E-state index in [0.717, 1.165) is 46.1 Å². The van der Waals surface area contributed by atoms with Gasteiger partial charge in [-0.3, -0.25) is 19.2 Å². The lowest BCUT2D eigenvalue weighted by Crippen LogP contribution is -2.49. The Hall–Kier alpha value is -4.84. The molecule has 3 aliphatic rings. The van der Waals surface area contributed by atoms with Gasteiger partial charge in [-0.2, -0.15) is 0 Å². The monoisotopic (exact) mass is 652 g/mol. The largest absolute Gasteiger partial charge is 0.459 e. The fraction of sp³-hybridized carbons (Fsp3) is 0.351. The van der Waals surface area contributed by atoms with Crippen molar-refractivity contribution in [3.8, 4) is 17.2 Å². The van der Waals surface area contributed by atoms with Crippen LogP contribution in [-0.4, -0.2) is 69.4 Å². The summed E-state index contributed by atoms with van der Waals surface area (Å²) in [6.45, 7) is 5.65. The molecule has 1 aromatic heterocycles. The second-order valence-corrected chi connectivity index (χ2v) is 12.4. The van der Waals surface area contributed by atoms with Crippen LogP contribution >= 0.6 is 0 Å². The Morgan fingerprint density at radius 1 is 0.917 bits per heavy atom. The Bertz CT molecular complexity index is 1860. The van der Waals surface area contributed by atoms with E-state index in [1.165, 1.54) is 0 Å². The number of aliphatic hydroxyl groups excluding tert-OH is 1. The lowest BCUT2D eigenvalue weighted by atomic mass is 9.93. The molecule has 7 rings (SSSR count). The van der Waals surface area contributed by atoms with Crippen LogP contribution in [0.1, 0.15) is 40.3 Å². The molecule has 11 heteroatoms. The number of ether oxygens (including phenoxy) is 4. The lowest BCUT2D eigenvalue weighted by molar-refractivity contribution is -0.157. The second kappa shape index (κ2) is 13.7. The first-order valence-corrected chi connectivity index (χ1v) is 16.3. The third-order valence-electron chi connectivity index (χ3n) is 9.38. The molecule has 48 heavy (non-hydrogen) atoms. The van der Waals surface area contributed by atoms with Crippen molar-refractivity contribution in [2.45, 2.75) is 45.3 Å². The summed E-state index contributed by atoms with van der Waals surface area (Å²) in [5.74, 6) is 1.13. The number of fused-ring (bicyclic) bond motifs is 1. The first-order chi connectivity index (χ1) is 23.4. The number of carbonyl (C=O) groups excluding carboxylic acids is 1. The molecule has 0 saturated carbocycles. The van der Waals surface area contributed by atoms with Gasteiger partial charge in [0.05, 0.1) is 18.9 Å². The molecule has 4 aromatic rings. The molecular weight excluding hydrogens is 612 g/mol. The summed E-state index contributed by atoms with van der Waals surface area (Å²) in [7, 11) is 1.87. The number of carbonyl (C=O) groups is 1. The Kier molecular flexibility index (Phi) is 9.07. The molecule has 3 aliphatic heterocycles. The zero-order chi connectivity index (χ0) is 33.2. The molecule has 0 radical (unpaired) electrons. The molecule has 4 heterocycles. The number of nitrogens with zero attached hydrogens (tertiary/aromatic N) is 4. The second-order valence-electron chi connectivity index (χ2n) is 12.4. The van der Waals surface area contributed by atoms with E-state index in [9.17, 15) is 14.7 Å². The van der Waals surface area contributed by atoms with E-state index in [-0.39, 0.29) is 37.2 Å². The van der Waals surface area contributed by atoms with Crippen molar-refractivity contribution in [2.75, 3.05) is 33.0 Å². The third-order valence-corrected chi connectivity index (χ3v) is 9.38. The number of allylic oxidation sites excluding steroid dienone is 1. The number of hydrogen-bond acceptors (Lipinski definition) is 8. The van der Waals surface area contributed by atoms with E-state index in [0.29, 0.717) is 38.2 Å². The maximum atomic E-state index is 14.0. The summed E-state index contributed by atoms with van der Waals surface area (Å²) in [5.41, 5.74) is 4.92. The minimum atomic E-state index is -0.743. The van der Waals surface area contributed by atoms with Gasteiger partial charge >= 0.3 is 0 Å².